The second-order valence-corrected chi connectivity index (χ2v) is 7.85. The lowest BCUT2D eigenvalue weighted by atomic mass is 10.1. The van der Waals surface area contributed by atoms with Gasteiger partial charge in [-0.15, -0.1) is 0 Å². The van der Waals surface area contributed by atoms with E-state index in [1.165, 1.54) is 38.5 Å². The molecule has 1 atom stereocenters. The molecule has 0 radical (unpaired) electrons. The van der Waals surface area contributed by atoms with Gasteiger partial charge in [0.15, 0.2) is 0 Å². The Hall–Kier alpha value is -2.21. The molecule has 0 spiro atoms. The molecule has 0 unspecified atom stereocenters. The Labute approximate surface area is 174 Å². The minimum atomic E-state index is 0.332. The summed E-state index contributed by atoms with van der Waals surface area (Å²) >= 11 is 0. The number of benzene rings is 1. The van der Waals surface area contributed by atoms with E-state index in [2.05, 4.69) is 27.5 Å². The molecule has 1 aliphatic heterocycles. The minimum Gasteiger partial charge on any atom is -0.396 e. The lowest BCUT2D eigenvalue weighted by molar-refractivity contribution is 0.139. The monoisotopic (exact) mass is 398 g/mol. The molecule has 1 aromatic carbocycles. The molecule has 1 fully saturated rings. The Morgan fingerprint density at radius 2 is 1.90 bits per heavy atom. The lowest BCUT2D eigenvalue weighted by Gasteiger charge is -2.04. The Bertz CT molecular complexity index is 748. The van der Waals surface area contributed by atoms with Crippen LogP contribution in [0.3, 0.4) is 0 Å². The predicted molar refractivity (Wildman–Crippen MR) is 116 cm³/mol. The highest BCUT2D eigenvalue weighted by atomic mass is 16.6. The molecule has 0 saturated carbocycles. The van der Waals surface area contributed by atoms with Crippen LogP contribution in [0.1, 0.15) is 82.6 Å². The molecule has 158 valence electrons. The maximum atomic E-state index is 5.50. The number of nitrogens with zero attached hydrogens (tertiary/aromatic N) is 3. The number of hydrogen-bond donors (Lipinski definition) is 1. The van der Waals surface area contributed by atoms with Crippen LogP contribution in [0.25, 0.3) is 11.4 Å². The van der Waals surface area contributed by atoms with Crippen LogP contribution in [0.5, 0.6) is 0 Å². The fraction of sp³-hybridized carbons (Fsp3) is 0.609. The second kappa shape index (κ2) is 11.7. The summed E-state index contributed by atoms with van der Waals surface area (Å²) in [4.78, 5) is 10.1. The Morgan fingerprint density at radius 3 is 2.62 bits per heavy atom. The van der Waals surface area contributed by atoms with Gasteiger partial charge in [-0.2, -0.15) is 4.98 Å². The molecule has 0 amide bonds. The van der Waals surface area contributed by atoms with Crippen molar-refractivity contribution < 1.29 is 9.36 Å². The summed E-state index contributed by atoms with van der Waals surface area (Å²) in [6.07, 6.45) is 9.97. The molecule has 1 aromatic heterocycles. The molecule has 1 N–H and O–H groups in total. The van der Waals surface area contributed by atoms with Crippen molar-refractivity contribution in [2.24, 2.45) is 5.16 Å². The van der Waals surface area contributed by atoms with Gasteiger partial charge in [0, 0.05) is 12.1 Å². The first-order valence-corrected chi connectivity index (χ1v) is 11.1. The average Bonchev–Trinajstić information content (AvgIpc) is 3.44. The van der Waals surface area contributed by atoms with Gasteiger partial charge in [-0.1, -0.05) is 73.6 Å². The zero-order chi connectivity index (χ0) is 20.3. The summed E-state index contributed by atoms with van der Waals surface area (Å²) in [6, 6.07) is 8.06. The van der Waals surface area contributed by atoms with Crippen LogP contribution in [-0.4, -0.2) is 35.5 Å². The van der Waals surface area contributed by atoms with Crippen molar-refractivity contribution in [3.63, 3.8) is 0 Å². The van der Waals surface area contributed by atoms with Gasteiger partial charge in [-0.3, -0.25) is 0 Å². The third kappa shape index (κ3) is 6.67. The number of rotatable bonds is 12. The van der Waals surface area contributed by atoms with E-state index in [1.807, 2.05) is 31.2 Å². The van der Waals surface area contributed by atoms with E-state index < -0.39 is 0 Å². The van der Waals surface area contributed by atoms with Gasteiger partial charge < -0.3 is 14.7 Å². The van der Waals surface area contributed by atoms with E-state index in [0.717, 1.165) is 48.7 Å². The quantitative estimate of drug-likeness (QED) is 0.298. The molecular formula is C23H34N4O2. The van der Waals surface area contributed by atoms with Crippen molar-refractivity contribution in [3.8, 4) is 11.4 Å². The van der Waals surface area contributed by atoms with E-state index in [9.17, 15) is 0 Å². The highest BCUT2D eigenvalue weighted by Crippen LogP contribution is 2.24. The minimum absolute atomic E-state index is 0.332. The first-order chi connectivity index (χ1) is 14.3. The highest BCUT2D eigenvalue weighted by molar-refractivity contribution is 5.98. The Kier molecular flexibility index (Phi) is 8.68. The van der Waals surface area contributed by atoms with E-state index >= 15 is 0 Å². The first kappa shape index (κ1) is 21.5. The molecule has 6 heteroatoms. The van der Waals surface area contributed by atoms with Crippen LogP contribution >= 0.6 is 0 Å². The SMILES string of the molecule is CCCCCCCCCO/N=C(\C)c1ccc(-c2noc([C@@H]3CCNC3)n2)cc1. The molecule has 2 heterocycles. The number of aromatic nitrogens is 2. The lowest BCUT2D eigenvalue weighted by Crippen LogP contribution is -2.08. The van der Waals surface area contributed by atoms with Crippen LogP contribution in [0, 0.1) is 0 Å². The van der Waals surface area contributed by atoms with Gasteiger partial charge in [0.05, 0.1) is 11.6 Å². The molecular weight excluding hydrogens is 364 g/mol. The zero-order valence-electron chi connectivity index (χ0n) is 17.8. The average molecular weight is 399 g/mol. The first-order valence-electron chi connectivity index (χ1n) is 11.1. The number of hydrogen-bond acceptors (Lipinski definition) is 6. The zero-order valence-corrected chi connectivity index (χ0v) is 17.8. The summed E-state index contributed by atoms with van der Waals surface area (Å²) in [5.74, 6) is 1.70. The van der Waals surface area contributed by atoms with Gasteiger partial charge >= 0.3 is 0 Å². The van der Waals surface area contributed by atoms with Gasteiger partial charge in [-0.25, -0.2) is 0 Å². The van der Waals surface area contributed by atoms with Crippen molar-refractivity contribution in [1.29, 1.82) is 0 Å². The normalized spacial score (nSPS) is 17.0. The molecule has 6 nitrogen and oxygen atoms in total. The molecule has 0 aliphatic carbocycles. The van der Waals surface area contributed by atoms with E-state index in [4.69, 9.17) is 9.36 Å². The molecule has 3 rings (SSSR count). The summed E-state index contributed by atoms with van der Waals surface area (Å²) in [7, 11) is 0. The van der Waals surface area contributed by atoms with E-state index in [1.54, 1.807) is 0 Å². The van der Waals surface area contributed by atoms with Crippen LogP contribution in [-0.2, 0) is 4.84 Å². The third-order valence-electron chi connectivity index (χ3n) is 5.45. The second-order valence-electron chi connectivity index (χ2n) is 7.85. The van der Waals surface area contributed by atoms with Crippen molar-refractivity contribution in [3.05, 3.63) is 35.7 Å². The Morgan fingerprint density at radius 1 is 1.14 bits per heavy atom. The maximum absolute atomic E-state index is 5.50. The van der Waals surface area contributed by atoms with Gasteiger partial charge in [0.1, 0.15) is 6.61 Å². The van der Waals surface area contributed by atoms with Gasteiger partial charge in [-0.05, 0) is 38.3 Å². The topological polar surface area (TPSA) is 72.5 Å². The van der Waals surface area contributed by atoms with Gasteiger partial charge in [0.25, 0.3) is 0 Å². The van der Waals surface area contributed by atoms with Gasteiger partial charge in [0.2, 0.25) is 11.7 Å². The molecule has 2 aromatic rings. The predicted octanol–water partition coefficient (Wildman–Crippen LogP) is 5.30. The van der Waals surface area contributed by atoms with Crippen molar-refractivity contribution >= 4 is 5.71 Å². The fourth-order valence-corrected chi connectivity index (χ4v) is 3.56. The molecule has 1 saturated heterocycles. The number of nitrogens with one attached hydrogen (secondary N) is 1. The van der Waals surface area contributed by atoms with E-state index in [0.29, 0.717) is 18.3 Å². The van der Waals surface area contributed by atoms with Crippen molar-refractivity contribution in [1.82, 2.24) is 15.5 Å². The highest BCUT2D eigenvalue weighted by Gasteiger charge is 2.23. The maximum Gasteiger partial charge on any atom is 0.231 e. The smallest absolute Gasteiger partial charge is 0.231 e. The van der Waals surface area contributed by atoms with Crippen molar-refractivity contribution in [2.45, 2.75) is 71.1 Å². The van der Waals surface area contributed by atoms with Crippen LogP contribution < -0.4 is 5.32 Å². The van der Waals surface area contributed by atoms with Crippen LogP contribution in [0.4, 0.5) is 0 Å². The summed E-state index contributed by atoms with van der Waals surface area (Å²) in [6.45, 7) is 6.83. The summed E-state index contributed by atoms with van der Waals surface area (Å²) in [5.41, 5.74) is 2.87. The number of oxime groups is 1. The largest absolute Gasteiger partial charge is 0.396 e. The van der Waals surface area contributed by atoms with E-state index in [-0.39, 0.29) is 0 Å². The molecule has 29 heavy (non-hydrogen) atoms. The fourth-order valence-electron chi connectivity index (χ4n) is 3.56. The van der Waals surface area contributed by atoms with Crippen LogP contribution in [0.2, 0.25) is 0 Å². The van der Waals surface area contributed by atoms with Crippen LogP contribution in [0.15, 0.2) is 33.9 Å². The number of unbranched alkanes of at least 4 members (excludes halogenated alkanes) is 6. The molecule has 0 bridgehead atoms. The standard InChI is InChI=1S/C23H34N4O2/c1-3-4-5-6-7-8-9-16-28-26-18(2)19-10-12-20(13-11-19)22-25-23(29-27-22)21-14-15-24-17-21/h10-13,21,24H,3-9,14-17H2,1-2H3/b26-18+/t21-/m1/s1. The summed E-state index contributed by atoms with van der Waals surface area (Å²) < 4.78 is 5.45. The molecule has 1 aliphatic rings. The Balaban J connectivity index is 1.42. The van der Waals surface area contributed by atoms with Crippen molar-refractivity contribution in [2.75, 3.05) is 19.7 Å². The summed E-state index contributed by atoms with van der Waals surface area (Å²) in [5, 5.41) is 11.7. The third-order valence-corrected chi connectivity index (χ3v) is 5.45.